The quantitative estimate of drug-likeness (QED) is 0.182. The molecule has 4 aromatic carbocycles. The average Bonchev–Trinajstić information content (AvgIpc) is 3.44. The lowest BCUT2D eigenvalue weighted by Gasteiger charge is -2.48. The molecule has 0 spiro atoms. The van der Waals surface area contributed by atoms with E-state index in [0.717, 1.165) is 22.3 Å². The van der Waals surface area contributed by atoms with Crippen LogP contribution in [0.5, 0.6) is 0 Å². The zero-order chi connectivity index (χ0) is 33.3. The van der Waals surface area contributed by atoms with Crippen LogP contribution in [-0.2, 0) is 29.7 Å². The molecule has 2 atom stereocenters. The van der Waals surface area contributed by atoms with E-state index < -0.39 is 37.7 Å². The van der Waals surface area contributed by atoms with Crippen LogP contribution in [-0.4, -0.2) is 34.7 Å². The van der Waals surface area contributed by atoms with E-state index in [9.17, 15) is 0 Å². The molecule has 5 nitrogen and oxygen atoms in total. The highest BCUT2D eigenvalue weighted by Gasteiger charge is 2.68. The van der Waals surface area contributed by atoms with Gasteiger partial charge in [-0.2, -0.15) is 0 Å². The van der Waals surface area contributed by atoms with Crippen LogP contribution in [0.4, 0.5) is 0 Å². The molecular weight excluding hydrogens is 625 g/mol. The van der Waals surface area contributed by atoms with E-state index in [2.05, 4.69) is 126 Å². The van der Waals surface area contributed by atoms with E-state index in [1.165, 1.54) is 64.2 Å². The van der Waals surface area contributed by atoms with Crippen molar-refractivity contribution >= 4 is 8.53 Å². The van der Waals surface area contributed by atoms with Crippen LogP contribution in [0.25, 0.3) is 0 Å². The monoisotopic (exact) mass is 675 g/mol. The molecule has 2 saturated heterocycles. The van der Waals surface area contributed by atoms with Crippen molar-refractivity contribution in [2.75, 3.05) is 0 Å². The minimum absolute atomic E-state index is 0.396. The fourth-order valence-corrected chi connectivity index (χ4v) is 11.4. The molecule has 2 saturated carbocycles. The molecule has 2 unspecified atom stereocenters. The Bertz CT molecular complexity index is 1440. The molecule has 256 valence electrons. The molecule has 0 bridgehead atoms. The predicted molar refractivity (Wildman–Crippen MR) is 196 cm³/mol. The van der Waals surface area contributed by atoms with E-state index >= 15 is 0 Å². The summed E-state index contributed by atoms with van der Waals surface area (Å²) in [6.45, 7) is 4.06. The van der Waals surface area contributed by atoms with Crippen molar-refractivity contribution in [3.63, 3.8) is 0 Å². The van der Waals surface area contributed by atoms with Gasteiger partial charge in [0.05, 0.1) is 0 Å². The first-order valence-corrected chi connectivity index (χ1v) is 19.7. The third kappa shape index (κ3) is 6.11. The van der Waals surface area contributed by atoms with Gasteiger partial charge in [0.2, 0.25) is 0 Å². The molecule has 0 aromatic heterocycles. The summed E-state index contributed by atoms with van der Waals surface area (Å²) in [5.41, 5.74) is 2.19. The predicted octanol–water partition coefficient (Wildman–Crippen LogP) is 10.6. The van der Waals surface area contributed by atoms with Crippen LogP contribution in [0.3, 0.4) is 0 Å². The minimum atomic E-state index is -1.66. The lowest BCUT2D eigenvalue weighted by molar-refractivity contribution is -0.175. The van der Waals surface area contributed by atoms with Gasteiger partial charge in [-0.15, -0.1) is 0 Å². The topological polar surface area (TPSA) is 40.2 Å². The normalized spacial score (nSPS) is 27.0. The van der Waals surface area contributed by atoms with Gasteiger partial charge in [0, 0.05) is 12.1 Å². The number of nitrogens with zero attached hydrogens (tertiary/aromatic N) is 1. The summed E-state index contributed by atoms with van der Waals surface area (Å²) in [5, 5.41) is 0. The number of benzene rings is 4. The Hall–Kier alpha value is -2.89. The first kappa shape index (κ1) is 33.3. The molecule has 4 aromatic rings. The summed E-state index contributed by atoms with van der Waals surface area (Å²) in [5.74, 6) is -0.891. The van der Waals surface area contributed by atoms with Gasteiger partial charge in [-0.1, -0.05) is 160 Å². The van der Waals surface area contributed by atoms with Crippen LogP contribution < -0.4 is 0 Å². The second-order valence-corrected chi connectivity index (χ2v) is 16.1. The van der Waals surface area contributed by atoms with Gasteiger partial charge < -0.3 is 18.5 Å². The van der Waals surface area contributed by atoms with Gasteiger partial charge in [-0.25, -0.2) is 4.67 Å². The molecule has 8 rings (SSSR count). The van der Waals surface area contributed by atoms with E-state index in [4.69, 9.17) is 18.5 Å². The molecule has 2 heterocycles. The Morgan fingerprint density at radius 1 is 0.469 bits per heavy atom. The molecule has 2 aliphatic heterocycles. The third-order valence-electron chi connectivity index (χ3n) is 11.2. The summed E-state index contributed by atoms with van der Waals surface area (Å²) in [7, 11) is -1.66. The van der Waals surface area contributed by atoms with Crippen LogP contribution in [0.15, 0.2) is 121 Å². The van der Waals surface area contributed by atoms with Crippen molar-refractivity contribution in [1.82, 2.24) is 4.67 Å². The van der Waals surface area contributed by atoms with Crippen molar-refractivity contribution in [2.45, 2.75) is 119 Å². The Labute approximate surface area is 293 Å². The van der Waals surface area contributed by atoms with Crippen molar-refractivity contribution in [3.8, 4) is 0 Å². The number of hydrogen-bond donors (Lipinski definition) is 0. The average molecular weight is 676 g/mol. The second-order valence-electron chi connectivity index (χ2n) is 14.8. The molecular formula is C43H50NO4P. The summed E-state index contributed by atoms with van der Waals surface area (Å²) in [6, 6.07) is 43.7. The third-order valence-corrected chi connectivity index (χ3v) is 13.2. The van der Waals surface area contributed by atoms with Gasteiger partial charge in [0.25, 0.3) is 8.53 Å². The van der Waals surface area contributed by atoms with Gasteiger partial charge in [0.15, 0.2) is 17.0 Å². The molecule has 2 aliphatic carbocycles. The second kappa shape index (κ2) is 14.0. The van der Waals surface area contributed by atoms with Gasteiger partial charge in [-0.05, 0) is 61.8 Å². The lowest BCUT2D eigenvalue weighted by atomic mass is 9.72. The van der Waals surface area contributed by atoms with Crippen LogP contribution >= 0.6 is 8.53 Å². The van der Waals surface area contributed by atoms with Crippen LogP contribution in [0.2, 0.25) is 0 Å². The Kier molecular flexibility index (Phi) is 9.52. The lowest BCUT2D eigenvalue weighted by Crippen LogP contribution is -2.53. The largest absolute Gasteiger partial charge is 0.341 e. The Balaban J connectivity index is 1.44. The SMILES string of the molecule is CC1(C)OC2C(O1)C(c1ccccc1)(c1ccccc1)OP(N(C1CCCCC1)C1CCCCC1)OC2(c1ccccc1)c1ccccc1. The molecule has 0 N–H and O–H groups in total. The maximum atomic E-state index is 8.01. The molecule has 0 amide bonds. The Morgan fingerprint density at radius 3 is 1.08 bits per heavy atom. The highest BCUT2D eigenvalue weighted by Crippen LogP contribution is 2.67. The highest BCUT2D eigenvalue weighted by atomic mass is 31.2. The first-order valence-electron chi connectivity index (χ1n) is 18.6. The fourth-order valence-electron chi connectivity index (χ4n) is 9.02. The summed E-state index contributed by atoms with van der Waals surface area (Å²) in [6.07, 6.45) is 11.2. The standard InChI is InChI=1S/C43H50NO4P/c1-41(2)45-39-40(46-41)43(35-25-13-5-14-26-35,36-27-15-6-16-28-36)48-49(44(37-29-17-7-18-30-37)38-31-19-8-20-32-38)47-42(39,33-21-9-3-10-22-33)34-23-11-4-12-24-34/h3-6,9-16,21-28,37-40H,7-8,17-20,29-32H2,1-2H3. The number of fused-ring (bicyclic) bond motifs is 1. The van der Waals surface area contributed by atoms with Crippen molar-refractivity contribution in [3.05, 3.63) is 144 Å². The van der Waals surface area contributed by atoms with Crippen molar-refractivity contribution < 1.29 is 18.5 Å². The maximum absolute atomic E-state index is 8.01. The summed E-state index contributed by atoms with van der Waals surface area (Å²) in [4.78, 5) is 0. The van der Waals surface area contributed by atoms with E-state index in [0.29, 0.717) is 12.1 Å². The smallest absolute Gasteiger partial charge is 0.261 e. The molecule has 6 heteroatoms. The fraction of sp³-hybridized carbons (Fsp3) is 0.442. The van der Waals surface area contributed by atoms with Gasteiger partial charge in [-0.3, -0.25) is 0 Å². The molecule has 0 radical (unpaired) electrons. The van der Waals surface area contributed by atoms with Gasteiger partial charge in [0.1, 0.15) is 12.2 Å². The van der Waals surface area contributed by atoms with Crippen molar-refractivity contribution in [1.29, 1.82) is 0 Å². The number of hydrogen-bond acceptors (Lipinski definition) is 5. The highest BCUT2D eigenvalue weighted by molar-refractivity contribution is 7.44. The van der Waals surface area contributed by atoms with Crippen LogP contribution in [0, 0.1) is 0 Å². The molecule has 4 aliphatic rings. The number of rotatable bonds is 7. The molecule has 4 fully saturated rings. The number of ether oxygens (including phenoxy) is 2. The first-order chi connectivity index (χ1) is 24.0. The zero-order valence-electron chi connectivity index (χ0n) is 29.0. The zero-order valence-corrected chi connectivity index (χ0v) is 29.8. The van der Waals surface area contributed by atoms with Crippen LogP contribution in [0.1, 0.15) is 100 Å². The Morgan fingerprint density at radius 2 is 0.776 bits per heavy atom. The maximum Gasteiger partial charge on any atom is 0.261 e. The van der Waals surface area contributed by atoms with E-state index in [-0.39, 0.29) is 0 Å². The van der Waals surface area contributed by atoms with Crippen molar-refractivity contribution in [2.24, 2.45) is 0 Å². The summed E-state index contributed by atoms with van der Waals surface area (Å²) < 4.78 is 33.2. The minimum Gasteiger partial charge on any atom is -0.341 e. The van der Waals surface area contributed by atoms with Gasteiger partial charge >= 0.3 is 0 Å². The van der Waals surface area contributed by atoms with E-state index in [1.807, 2.05) is 13.8 Å². The van der Waals surface area contributed by atoms with E-state index in [1.54, 1.807) is 0 Å². The molecule has 49 heavy (non-hydrogen) atoms. The summed E-state index contributed by atoms with van der Waals surface area (Å²) >= 11 is 0.